The van der Waals surface area contributed by atoms with Gasteiger partial charge in [-0.25, -0.2) is 18.0 Å². The standard InChI is InChI=1S/C24H30N4O4S.C2HF3O2/c1-6-28-18(4)21(17(3)25-28)13-14-27(5)23-12-9-19(15-22(23)24(29)30)26-33(31,32)20-10-7-16(2)8-11-20;3-2(4,5)1(6)7/h7-12,15,26H,6,13-14H2,1-5H3,(H,29,30);(H,6,7). The quantitative estimate of drug-likeness (QED) is 0.330. The summed E-state index contributed by atoms with van der Waals surface area (Å²) in [6.07, 6.45) is -4.37. The Bertz CT molecular complexity index is 1470. The van der Waals surface area contributed by atoms with Crippen LogP contribution in [0, 0.1) is 20.8 Å². The second kappa shape index (κ2) is 12.9. The molecule has 1 aromatic heterocycles. The molecule has 0 aliphatic rings. The number of nitrogens with one attached hydrogen (secondary N) is 1. The molecule has 0 aliphatic heterocycles. The van der Waals surface area contributed by atoms with Crippen LogP contribution in [0.1, 0.15) is 39.8 Å². The average molecular weight is 585 g/mol. The van der Waals surface area contributed by atoms with E-state index in [0.717, 1.165) is 35.5 Å². The Labute approximate surface area is 230 Å². The highest BCUT2D eigenvalue weighted by Gasteiger charge is 2.38. The molecule has 0 radical (unpaired) electrons. The first-order valence-electron chi connectivity index (χ1n) is 12.0. The maximum Gasteiger partial charge on any atom is 0.490 e. The molecule has 0 bridgehead atoms. The summed E-state index contributed by atoms with van der Waals surface area (Å²) in [5.41, 5.74) is 4.93. The molecule has 3 aromatic rings. The zero-order valence-corrected chi connectivity index (χ0v) is 23.4. The maximum absolute atomic E-state index is 12.7. The van der Waals surface area contributed by atoms with Crippen molar-refractivity contribution in [3.63, 3.8) is 0 Å². The van der Waals surface area contributed by atoms with E-state index in [1.54, 1.807) is 24.3 Å². The van der Waals surface area contributed by atoms with Gasteiger partial charge in [-0.3, -0.25) is 9.40 Å². The smallest absolute Gasteiger partial charge is 0.478 e. The molecule has 0 aliphatic carbocycles. The number of aromatic nitrogens is 2. The number of hydrogen-bond acceptors (Lipinski definition) is 6. The molecular formula is C26H31F3N4O6S. The normalized spacial score (nSPS) is 11.4. The topological polar surface area (TPSA) is 142 Å². The summed E-state index contributed by atoms with van der Waals surface area (Å²) in [4.78, 5) is 22.8. The average Bonchev–Trinajstić information content (AvgIpc) is 3.14. The molecule has 0 unspecified atom stereocenters. The molecule has 2 aromatic carbocycles. The number of hydrogen-bond donors (Lipinski definition) is 3. The third-order valence-electron chi connectivity index (χ3n) is 5.99. The van der Waals surface area contributed by atoms with Gasteiger partial charge in [0.1, 0.15) is 0 Å². The number of halogens is 3. The number of carboxylic acids is 2. The molecule has 0 fully saturated rings. The van der Waals surface area contributed by atoms with Crippen LogP contribution in [-0.4, -0.2) is 60.1 Å². The summed E-state index contributed by atoms with van der Waals surface area (Å²) in [7, 11) is -2.00. The van der Waals surface area contributed by atoms with Crippen molar-refractivity contribution in [2.45, 2.75) is 51.7 Å². The van der Waals surface area contributed by atoms with Crippen molar-refractivity contribution in [3.05, 3.63) is 70.5 Å². The Hall–Kier alpha value is -4.07. The minimum absolute atomic E-state index is 0.0271. The van der Waals surface area contributed by atoms with Crippen molar-refractivity contribution in [3.8, 4) is 0 Å². The number of sulfonamides is 1. The number of aryl methyl sites for hydroxylation is 3. The van der Waals surface area contributed by atoms with E-state index in [-0.39, 0.29) is 16.1 Å². The number of carboxylic acid groups (broad SMARTS) is 2. The van der Waals surface area contributed by atoms with E-state index in [4.69, 9.17) is 9.90 Å². The summed E-state index contributed by atoms with van der Waals surface area (Å²) < 4.78 is 61.5. The molecular weight excluding hydrogens is 553 g/mol. The molecule has 0 atom stereocenters. The molecule has 1 heterocycles. The molecule has 0 amide bonds. The molecule has 0 saturated heterocycles. The van der Waals surface area contributed by atoms with Crippen molar-refractivity contribution in [1.29, 1.82) is 0 Å². The van der Waals surface area contributed by atoms with Crippen LogP contribution in [0.2, 0.25) is 0 Å². The SMILES string of the molecule is CCn1nc(C)c(CCN(C)c2ccc(NS(=O)(=O)c3ccc(C)cc3)cc2C(=O)O)c1C.O=C(O)C(F)(F)F. The number of nitrogens with zero attached hydrogens (tertiary/aromatic N) is 3. The third kappa shape index (κ3) is 8.21. The van der Waals surface area contributed by atoms with Crippen LogP contribution in [0.15, 0.2) is 47.4 Å². The molecule has 40 heavy (non-hydrogen) atoms. The highest BCUT2D eigenvalue weighted by molar-refractivity contribution is 7.92. The van der Waals surface area contributed by atoms with Gasteiger partial charge in [0.05, 0.1) is 21.8 Å². The second-order valence-corrected chi connectivity index (χ2v) is 10.6. The van der Waals surface area contributed by atoms with Crippen LogP contribution in [0.25, 0.3) is 0 Å². The van der Waals surface area contributed by atoms with Gasteiger partial charge < -0.3 is 15.1 Å². The Kier molecular flexibility index (Phi) is 10.3. The largest absolute Gasteiger partial charge is 0.490 e. The lowest BCUT2D eigenvalue weighted by Crippen LogP contribution is -2.23. The predicted octanol–water partition coefficient (Wildman–Crippen LogP) is 4.64. The van der Waals surface area contributed by atoms with Gasteiger partial charge in [0, 0.05) is 31.5 Å². The van der Waals surface area contributed by atoms with Crippen molar-refractivity contribution >= 4 is 33.3 Å². The van der Waals surface area contributed by atoms with Crippen LogP contribution < -0.4 is 9.62 Å². The Morgan fingerprint density at radius 2 is 1.62 bits per heavy atom. The molecule has 3 rings (SSSR count). The van der Waals surface area contributed by atoms with E-state index in [0.29, 0.717) is 12.2 Å². The first-order valence-corrected chi connectivity index (χ1v) is 13.5. The van der Waals surface area contributed by atoms with Crippen LogP contribution in [-0.2, 0) is 27.8 Å². The lowest BCUT2D eigenvalue weighted by molar-refractivity contribution is -0.192. The van der Waals surface area contributed by atoms with E-state index >= 15 is 0 Å². The minimum Gasteiger partial charge on any atom is -0.478 e. The van der Waals surface area contributed by atoms with E-state index < -0.39 is 28.1 Å². The number of likely N-dealkylation sites (N-methyl/N-ethyl adjacent to an activating group) is 1. The fraction of sp³-hybridized carbons (Fsp3) is 0.346. The van der Waals surface area contributed by atoms with Crippen LogP contribution in [0.5, 0.6) is 0 Å². The van der Waals surface area contributed by atoms with Crippen molar-refractivity contribution in [2.24, 2.45) is 0 Å². The Balaban J connectivity index is 0.000000708. The number of benzene rings is 2. The molecule has 0 spiro atoms. The number of aliphatic carboxylic acids is 1. The highest BCUT2D eigenvalue weighted by Crippen LogP contribution is 2.26. The Morgan fingerprint density at radius 3 is 2.10 bits per heavy atom. The molecule has 218 valence electrons. The molecule has 3 N–H and O–H groups in total. The number of aromatic carboxylic acids is 1. The van der Waals surface area contributed by atoms with Crippen molar-refractivity contribution in [1.82, 2.24) is 9.78 Å². The molecule has 0 saturated carbocycles. The zero-order chi connectivity index (χ0) is 30.4. The predicted molar refractivity (Wildman–Crippen MR) is 143 cm³/mol. The van der Waals surface area contributed by atoms with Crippen LogP contribution in [0.3, 0.4) is 0 Å². The summed E-state index contributed by atoms with van der Waals surface area (Å²) in [6.45, 7) is 9.32. The number of rotatable bonds is 9. The van der Waals surface area contributed by atoms with Gasteiger partial charge in [0.2, 0.25) is 0 Å². The van der Waals surface area contributed by atoms with E-state index in [1.807, 2.05) is 44.3 Å². The minimum atomic E-state index is -5.08. The lowest BCUT2D eigenvalue weighted by atomic mass is 10.1. The summed E-state index contributed by atoms with van der Waals surface area (Å²) in [5, 5.41) is 21.4. The van der Waals surface area contributed by atoms with Crippen molar-refractivity contribution < 1.29 is 41.4 Å². The fourth-order valence-corrected chi connectivity index (χ4v) is 4.89. The van der Waals surface area contributed by atoms with Gasteiger partial charge >= 0.3 is 18.1 Å². The van der Waals surface area contributed by atoms with Gasteiger partial charge in [0.25, 0.3) is 10.0 Å². The number of anilines is 2. The lowest BCUT2D eigenvalue weighted by Gasteiger charge is -2.22. The molecule has 10 nitrogen and oxygen atoms in total. The van der Waals surface area contributed by atoms with E-state index in [1.165, 1.54) is 18.2 Å². The highest BCUT2D eigenvalue weighted by atomic mass is 32.2. The summed E-state index contributed by atoms with van der Waals surface area (Å²) in [5.74, 6) is -3.88. The van der Waals surface area contributed by atoms with Crippen LogP contribution >= 0.6 is 0 Å². The van der Waals surface area contributed by atoms with E-state index in [9.17, 15) is 31.5 Å². The monoisotopic (exact) mass is 584 g/mol. The number of carbonyl (C=O) groups is 2. The van der Waals surface area contributed by atoms with Gasteiger partial charge in [-0.15, -0.1) is 0 Å². The second-order valence-electron chi connectivity index (χ2n) is 8.90. The van der Waals surface area contributed by atoms with E-state index in [2.05, 4.69) is 9.82 Å². The van der Waals surface area contributed by atoms with Gasteiger partial charge in [-0.1, -0.05) is 17.7 Å². The third-order valence-corrected chi connectivity index (χ3v) is 7.39. The first-order chi connectivity index (χ1) is 18.5. The van der Waals surface area contributed by atoms with Crippen LogP contribution in [0.4, 0.5) is 24.5 Å². The van der Waals surface area contributed by atoms with Gasteiger partial charge in [-0.2, -0.15) is 18.3 Å². The zero-order valence-electron chi connectivity index (χ0n) is 22.6. The van der Waals surface area contributed by atoms with Gasteiger partial charge in [-0.05, 0) is 70.0 Å². The summed E-state index contributed by atoms with van der Waals surface area (Å²) in [6, 6.07) is 11.0. The first kappa shape index (κ1) is 32.1. The number of alkyl halides is 3. The Morgan fingerprint density at radius 1 is 1.05 bits per heavy atom. The maximum atomic E-state index is 12.7. The summed E-state index contributed by atoms with van der Waals surface area (Å²) >= 11 is 0. The van der Waals surface area contributed by atoms with Crippen molar-refractivity contribution in [2.75, 3.05) is 23.2 Å². The fourth-order valence-electron chi connectivity index (χ4n) is 3.84. The van der Waals surface area contributed by atoms with Gasteiger partial charge in [0.15, 0.2) is 0 Å². The molecule has 14 heteroatoms.